The average Bonchev–Trinajstić information content (AvgIpc) is 2.14. The molecule has 0 saturated heterocycles. The molecule has 0 aromatic heterocycles. The van der Waals surface area contributed by atoms with E-state index in [1.807, 2.05) is 13.8 Å². The molecule has 0 atom stereocenters. The van der Waals surface area contributed by atoms with E-state index in [-0.39, 0.29) is 0 Å². The van der Waals surface area contributed by atoms with E-state index in [4.69, 9.17) is 0 Å². The van der Waals surface area contributed by atoms with Gasteiger partial charge in [0.2, 0.25) is 0 Å². The molecule has 1 aliphatic rings. The smallest absolute Gasteiger partial charge is 0.000697 e. The van der Waals surface area contributed by atoms with Crippen LogP contribution in [0, 0.1) is 5.41 Å². The lowest BCUT2D eigenvalue weighted by Crippen LogP contribution is -2.01. The highest BCUT2D eigenvalue weighted by Crippen LogP contribution is 2.25. The third-order valence-corrected chi connectivity index (χ3v) is 1.87. The van der Waals surface area contributed by atoms with Crippen LogP contribution in [-0.4, -0.2) is 0 Å². The van der Waals surface area contributed by atoms with E-state index in [1.54, 1.807) is 0 Å². The van der Waals surface area contributed by atoms with Gasteiger partial charge in [-0.1, -0.05) is 51.5 Å². The highest BCUT2D eigenvalue weighted by atomic mass is 14.2. The topological polar surface area (TPSA) is 0 Å². The van der Waals surface area contributed by atoms with Gasteiger partial charge < -0.3 is 0 Å². The van der Waals surface area contributed by atoms with Crippen molar-refractivity contribution in [3.8, 4) is 0 Å². The number of hydrogen-bond donors (Lipinski definition) is 0. The molecule has 0 unspecified atom stereocenters. The molecule has 0 radical (unpaired) electrons. The van der Waals surface area contributed by atoms with Crippen LogP contribution >= 0.6 is 0 Å². The third kappa shape index (κ3) is 4.38. The summed E-state index contributed by atoms with van der Waals surface area (Å²) >= 11 is 0. The van der Waals surface area contributed by atoms with Crippen molar-refractivity contribution in [2.45, 2.75) is 47.5 Å². The molecule has 0 nitrogen and oxygen atoms in total. The number of hydrogen-bond acceptors (Lipinski definition) is 0. The predicted molar refractivity (Wildman–Crippen MR) is 57.3 cm³/mol. The van der Waals surface area contributed by atoms with Crippen LogP contribution < -0.4 is 0 Å². The maximum Gasteiger partial charge on any atom is 0.000697 e. The standard InChI is InChI=1S/C10H16.C2H6/c1-9-6-4-5-7-10(2,3)8-9;1-2/h5,7-8H,4,6H2,1-3H3;1-2H3. The van der Waals surface area contributed by atoms with E-state index < -0.39 is 0 Å². The van der Waals surface area contributed by atoms with Crippen LogP contribution in [0.15, 0.2) is 23.8 Å². The quantitative estimate of drug-likeness (QED) is 0.470. The molecular formula is C12H22. The molecule has 0 saturated carbocycles. The first kappa shape index (κ1) is 11.5. The van der Waals surface area contributed by atoms with Crippen LogP contribution in [0.5, 0.6) is 0 Å². The highest BCUT2D eigenvalue weighted by Gasteiger charge is 2.11. The Bertz CT molecular complexity index is 170. The van der Waals surface area contributed by atoms with Crippen molar-refractivity contribution < 1.29 is 0 Å². The summed E-state index contributed by atoms with van der Waals surface area (Å²) in [5, 5.41) is 0. The summed E-state index contributed by atoms with van der Waals surface area (Å²) in [7, 11) is 0. The Morgan fingerprint density at radius 1 is 1.25 bits per heavy atom. The van der Waals surface area contributed by atoms with Crippen molar-refractivity contribution in [2.75, 3.05) is 0 Å². The van der Waals surface area contributed by atoms with E-state index in [0.29, 0.717) is 5.41 Å². The molecule has 0 heteroatoms. The van der Waals surface area contributed by atoms with Gasteiger partial charge in [-0.05, 0) is 19.8 Å². The minimum Gasteiger partial charge on any atom is -0.0874 e. The largest absolute Gasteiger partial charge is 0.0874 e. The Morgan fingerprint density at radius 3 is 2.42 bits per heavy atom. The molecule has 0 heterocycles. The van der Waals surface area contributed by atoms with Gasteiger partial charge in [-0.25, -0.2) is 0 Å². The Kier molecular flexibility index (Phi) is 4.96. The Balaban J connectivity index is 0.000000561. The lowest BCUT2D eigenvalue weighted by molar-refractivity contribution is 0.622. The van der Waals surface area contributed by atoms with E-state index in [9.17, 15) is 0 Å². The molecule has 12 heavy (non-hydrogen) atoms. The van der Waals surface area contributed by atoms with Gasteiger partial charge >= 0.3 is 0 Å². The summed E-state index contributed by atoms with van der Waals surface area (Å²) in [6.07, 6.45) is 9.39. The SMILES string of the molecule is CC.CC1=CC(C)(C)C=CCC1. The minimum atomic E-state index is 0.292. The zero-order valence-electron chi connectivity index (χ0n) is 9.15. The first-order valence-corrected chi connectivity index (χ1v) is 4.96. The molecule has 1 aliphatic carbocycles. The third-order valence-electron chi connectivity index (χ3n) is 1.87. The Hall–Kier alpha value is -0.520. The molecular weight excluding hydrogens is 144 g/mol. The molecule has 0 spiro atoms. The van der Waals surface area contributed by atoms with Gasteiger partial charge in [-0.2, -0.15) is 0 Å². The fraction of sp³-hybridized carbons (Fsp3) is 0.667. The average molecular weight is 166 g/mol. The van der Waals surface area contributed by atoms with Crippen LogP contribution in [0.3, 0.4) is 0 Å². The summed E-state index contributed by atoms with van der Waals surface area (Å²) in [5.74, 6) is 0. The van der Waals surface area contributed by atoms with Crippen LogP contribution in [0.2, 0.25) is 0 Å². The van der Waals surface area contributed by atoms with E-state index in [0.717, 1.165) is 0 Å². The summed E-state index contributed by atoms with van der Waals surface area (Å²) < 4.78 is 0. The van der Waals surface area contributed by atoms with Crippen molar-refractivity contribution in [3.05, 3.63) is 23.8 Å². The summed E-state index contributed by atoms with van der Waals surface area (Å²) in [6, 6.07) is 0. The molecule has 70 valence electrons. The molecule has 0 amide bonds. The first-order chi connectivity index (χ1) is 5.60. The van der Waals surface area contributed by atoms with Crippen molar-refractivity contribution in [3.63, 3.8) is 0 Å². The Labute approximate surface area is 77.4 Å². The van der Waals surface area contributed by atoms with E-state index in [2.05, 4.69) is 39.0 Å². The lowest BCUT2D eigenvalue weighted by atomic mass is 9.92. The van der Waals surface area contributed by atoms with Crippen LogP contribution in [-0.2, 0) is 0 Å². The van der Waals surface area contributed by atoms with Crippen molar-refractivity contribution in [1.82, 2.24) is 0 Å². The second kappa shape index (κ2) is 5.18. The number of allylic oxidation sites excluding steroid dienone is 4. The molecule has 0 bridgehead atoms. The van der Waals surface area contributed by atoms with E-state index in [1.165, 1.54) is 18.4 Å². The summed E-state index contributed by atoms with van der Waals surface area (Å²) in [4.78, 5) is 0. The number of rotatable bonds is 0. The molecule has 0 aromatic rings. The van der Waals surface area contributed by atoms with Gasteiger partial charge in [0.15, 0.2) is 0 Å². The lowest BCUT2D eigenvalue weighted by Gasteiger charge is -2.13. The minimum absolute atomic E-state index is 0.292. The zero-order chi connectivity index (χ0) is 9.61. The fourth-order valence-corrected chi connectivity index (χ4v) is 1.45. The summed E-state index contributed by atoms with van der Waals surface area (Å²) in [5.41, 5.74) is 1.82. The Morgan fingerprint density at radius 2 is 1.83 bits per heavy atom. The van der Waals surface area contributed by atoms with Crippen molar-refractivity contribution in [1.29, 1.82) is 0 Å². The normalized spacial score (nSPS) is 20.2. The van der Waals surface area contributed by atoms with Crippen LogP contribution in [0.25, 0.3) is 0 Å². The second-order valence-corrected chi connectivity index (χ2v) is 3.75. The van der Waals surface area contributed by atoms with Crippen molar-refractivity contribution in [2.24, 2.45) is 5.41 Å². The zero-order valence-corrected chi connectivity index (χ0v) is 9.15. The van der Waals surface area contributed by atoms with Crippen LogP contribution in [0.1, 0.15) is 47.5 Å². The van der Waals surface area contributed by atoms with Gasteiger partial charge in [0, 0.05) is 5.41 Å². The fourth-order valence-electron chi connectivity index (χ4n) is 1.45. The molecule has 0 aromatic carbocycles. The van der Waals surface area contributed by atoms with Gasteiger partial charge in [0.05, 0.1) is 0 Å². The van der Waals surface area contributed by atoms with Crippen molar-refractivity contribution >= 4 is 0 Å². The molecule has 1 rings (SSSR count). The molecule has 0 aliphatic heterocycles. The van der Waals surface area contributed by atoms with Gasteiger partial charge in [-0.15, -0.1) is 0 Å². The highest BCUT2D eigenvalue weighted by molar-refractivity contribution is 5.16. The monoisotopic (exact) mass is 166 g/mol. The van der Waals surface area contributed by atoms with Gasteiger partial charge in [-0.3, -0.25) is 0 Å². The van der Waals surface area contributed by atoms with Gasteiger partial charge in [0.1, 0.15) is 0 Å². The maximum absolute atomic E-state index is 2.36. The maximum atomic E-state index is 2.36. The van der Waals surface area contributed by atoms with Gasteiger partial charge in [0.25, 0.3) is 0 Å². The molecule has 0 N–H and O–H groups in total. The second-order valence-electron chi connectivity index (χ2n) is 3.75. The summed E-state index contributed by atoms with van der Waals surface area (Å²) in [6.45, 7) is 10.7. The van der Waals surface area contributed by atoms with Crippen LogP contribution in [0.4, 0.5) is 0 Å². The first-order valence-electron chi connectivity index (χ1n) is 4.96. The van der Waals surface area contributed by atoms with E-state index >= 15 is 0 Å². The predicted octanol–water partition coefficient (Wildman–Crippen LogP) is 4.34. The molecule has 0 fully saturated rings.